The second-order valence-corrected chi connectivity index (χ2v) is 6.20. The van der Waals surface area contributed by atoms with Crippen LogP contribution < -0.4 is 5.32 Å². The Hall–Kier alpha value is -1.72. The number of nitrogens with zero attached hydrogens (tertiary/aromatic N) is 1. The first-order valence-corrected chi connectivity index (χ1v) is 7.32. The summed E-state index contributed by atoms with van der Waals surface area (Å²) in [7, 11) is 0. The average molecular weight is 316 g/mol. The smallest absolute Gasteiger partial charge is 0.324 e. The molecule has 0 atom stereocenters. The van der Waals surface area contributed by atoms with Crippen LogP contribution in [0.5, 0.6) is 0 Å². The summed E-state index contributed by atoms with van der Waals surface area (Å²) in [5, 5.41) is 2.65. The Morgan fingerprint density at radius 1 is 1.05 bits per heavy atom. The van der Waals surface area contributed by atoms with Crippen LogP contribution in [0.1, 0.15) is 33.3 Å². The molecule has 0 fully saturated rings. The molecule has 0 unspecified atom stereocenters. The van der Waals surface area contributed by atoms with Crippen LogP contribution in [-0.2, 0) is 6.18 Å². The van der Waals surface area contributed by atoms with Crippen LogP contribution in [0.15, 0.2) is 24.3 Å². The molecular weight excluding hydrogens is 293 g/mol. The quantitative estimate of drug-likeness (QED) is 0.827. The van der Waals surface area contributed by atoms with E-state index in [-0.39, 0.29) is 6.03 Å². The zero-order chi connectivity index (χ0) is 16.9. The van der Waals surface area contributed by atoms with Gasteiger partial charge < -0.3 is 10.2 Å². The van der Waals surface area contributed by atoms with Crippen LogP contribution in [0, 0.1) is 11.8 Å². The first-order chi connectivity index (χ1) is 10.1. The molecule has 1 N–H and O–H groups in total. The molecule has 0 radical (unpaired) electrons. The van der Waals surface area contributed by atoms with Crippen molar-refractivity contribution in [2.45, 2.75) is 33.9 Å². The van der Waals surface area contributed by atoms with Gasteiger partial charge in [-0.15, -0.1) is 0 Å². The lowest BCUT2D eigenvalue weighted by Crippen LogP contribution is -2.39. The molecule has 22 heavy (non-hydrogen) atoms. The average Bonchev–Trinajstić information content (AvgIpc) is 2.36. The van der Waals surface area contributed by atoms with Gasteiger partial charge in [-0.25, -0.2) is 4.79 Å². The summed E-state index contributed by atoms with van der Waals surface area (Å²) in [6, 6.07) is 4.17. The van der Waals surface area contributed by atoms with Gasteiger partial charge in [0.1, 0.15) is 0 Å². The minimum Gasteiger partial charge on any atom is -0.324 e. The van der Waals surface area contributed by atoms with E-state index in [4.69, 9.17) is 0 Å². The maximum absolute atomic E-state index is 12.5. The molecule has 0 aromatic heterocycles. The molecule has 6 heteroatoms. The van der Waals surface area contributed by atoms with Gasteiger partial charge in [0.2, 0.25) is 0 Å². The van der Waals surface area contributed by atoms with Crippen molar-refractivity contribution in [1.29, 1.82) is 0 Å². The molecule has 0 aliphatic carbocycles. The molecule has 0 bridgehead atoms. The van der Waals surface area contributed by atoms with Gasteiger partial charge in [0.25, 0.3) is 0 Å². The molecule has 0 saturated heterocycles. The van der Waals surface area contributed by atoms with Crippen LogP contribution >= 0.6 is 0 Å². The summed E-state index contributed by atoms with van der Waals surface area (Å²) < 4.78 is 37.5. The highest BCUT2D eigenvalue weighted by Crippen LogP contribution is 2.29. The number of benzene rings is 1. The van der Waals surface area contributed by atoms with Gasteiger partial charge in [-0.05, 0) is 36.1 Å². The van der Waals surface area contributed by atoms with E-state index in [1.54, 1.807) is 4.90 Å². The van der Waals surface area contributed by atoms with Crippen LogP contribution in [-0.4, -0.2) is 24.0 Å². The highest BCUT2D eigenvalue weighted by molar-refractivity contribution is 5.89. The van der Waals surface area contributed by atoms with E-state index in [0.717, 1.165) is 12.1 Å². The van der Waals surface area contributed by atoms with Crippen LogP contribution in [0.2, 0.25) is 0 Å². The Morgan fingerprint density at radius 3 is 1.86 bits per heavy atom. The summed E-state index contributed by atoms with van der Waals surface area (Å²) in [4.78, 5) is 13.9. The minimum absolute atomic E-state index is 0.290. The normalized spacial score (nSPS) is 11.9. The highest BCUT2D eigenvalue weighted by Gasteiger charge is 2.30. The number of carbonyl (C=O) groups is 1. The molecular formula is C16H23F3N2O. The first-order valence-electron chi connectivity index (χ1n) is 7.32. The number of carbonyl (C=O) groups excluding carboxylic acids is 1. The fourth-order valence-electron chi connectivity index (χ4n) is 2.07. The number of amides is 2. The van der Waals surface area contributed by atoms with Crippen molar-refractivity contribution in [2.24, 2.45) is 11.8 Å². The SMILES string of the molecule is CC(C)CN(CC(C)C)C(=O)Nc1ccc(C(F)(F)F)cc1. The molecule has 0 aliphatic rings. The summed E-state index contributed by atoms with van der Waals surface area (Å²) >= 11 is 0. The van der Waals surface area contributed by atoms with Crippen molar-refractivity contribution in [2.75, 3.05) is 18.4 Å². The second-order valence-electron chi connectivity index (χ2n) is 6.20. The standard InChI is InChI=1S/C16H23F3N2O/c1-11(2)9-21(10-12(3)4)15(22)20-14-7-5-13(6-8-14)16(17,18)19/h5-8,11-12H,9-10H2,1-4H3,(H,20,22). The van der Waals surface area contributed by atoms with Gasteiger partial charge in [0.05, 0.1) is 5.56 Å². The Labute approximate surface area is 129 Å². The molecule has 0 spiro atoms. The van der Waals surface area contributed by atoms with Crippen molar-refractivity contribution in [3.05, 3.63) is 29.8 Å². The van der Waals surface area contributed by atoms with Gasteiger partial charge in [-0.2, -0.15) is 13.2 Å². The van der Waals surface area contributed by atoms with Gasteiger partial charge >= 0.3 is 12.2 Å². The Balaban J connectivity index is 2.76. The minimum atomic E-state index is -4.37. The van der Waals surface area contributed by atoms with Crippen LogP contribution in [0.3, 0.4) is 0 Å². The predicted octanol–water partition coefficient (Wildman–Crippen LogP) is 4.85. The molecule has 0 heterocycles. The van der Waals surface area contributed by atoms with E-state index in [1.807, 2.05) is 27.7 Å². The number of halogens is 3. The van der Waals surface area contributed by atoms with Gasteiger partial charge in [0.15, 0.2) is 0 Å². The lowest BCUT2D eigenvalue weighted by atomic mass is 10.1. The first kappa shape index (κ1) is 18.3. The zero-order valence-electron chi connectivity index (χ0n) is 13.4. The van der Waals surface area contributed by atoms with Crippen molar-refractivity contribution >= 4 is 11.7 Å². The third-order valence-electron chi connectivity index (χ3n) is 2.92. The molecule has 3 nitrogen and oxygen atoms in total. The fourth-order valence-corrected chi connectivity index (χ4v) is 2.07. The van der Waals surface area contributed by atoms with Gasteiger partial charge in [0, 0.05) is 18.8 Å². The summed E-state index contributed by atoms with van der Waals surface area (Å²) in [5.41, 5.74) is -0.373. The number of nitrogens with one attached hydrogen (secondary N) is 1. The molecule has 1 aromatic carbocycles. The number of urea groups is 1. The Bertz CT molecular complexity index is 471. The monoisotopic (exact) mass is 316 g/mol. The van der Waals surface area contributed by atoms with E-state index < -0.39 is 11.7 Å². The lowest BCUT2D eigenvalue weighted by Gasteiger charge is -2.26. The van der Waals surface area contributed by atoms with Crippen molar-refractivity contribution < 1.29 is 18.0 Å². The van der Waals surface area contributed by atoms with E-state index in [9.17, 15) is 18.0 Å². The van der Waals surface area contributed by atoms with Gasteiger partial charge in [-0.3, -0.25) is 0 Å². The summed E-state index contributed by atoms with van der Waals surface area (Å²) in [6.07, 6.45) is -4.37. The molecule has 0 saturated carbocycles. The van der Waals surface area contributed by atoms with Crippen LogP contribution in [0.25, 0.3) is 0 Å². The molecule has 1 aromatic rings. The Kier molecular flexibility index (Phi) is 6.26. The maximum atomic E-state index is 12.5. The maximum Gasteiger partial charge on any atom is 0.416 e. The number of alkyl halides is 3. The van der Waals surface area contributed by atoms with Crippen molar-refractivity contribution in [3.63, 3.8) is 0 Å². The van der Waals surface area contributed by atoms with Crippen molar-refractivity contribution in [1.82, 2.24) is 4.90 Å². The predicted molar refractivity (Wildman–Crippen MR) is 81.7 cm³/mol. The van der Waals surface area contributed by atoms with Gasteiger partial charge in [-0.1, -0.05) is 27.7 Å². The molecule has 0 aliphatic heterocycles. The number of rotatable bonds is 5. The summed E-state index contributed by atoms with van der Waals surface area (Å²) in [5.74, 6) is 0.634. The highest BCUT2D eigenvalue weighted by atomic mass is 19.4. The van der Waals surface area contributed by atoms with Crippen molar-refractivity contribution in [3.8, 4) is 0 Å². The second kappa shape index (κ2) is 7.51. The molecule has 1 rings (SSSR count). The third kappa shape index (κ3) is 5.95. The van der Waals surface area contributed by atoms with E-state index in [1.165, 1.54) is 12.1 Å². The Morgan fingerprint density at radius 2 is 1.50 bits per heavy atom. The summed E-state index contributed by atoms with van der Waals surface area (Å²) in [6.45, 7) is 9.25. The van der Waals surface area contributed by atoms with E-state index in [2.05, 4.69) is 5.32 Å². The number of anilines is 1. The van der Waals surface area contributed by atoms with E-state index >= 15 is 0 Å². The fraction of sp³-hybridized carbons (Fsp3) is 0.562. The van der Waals surface area contributed by atoms with Crippen LogP contribution in [0.4, 0.5) is 23.7 Å². The topological polar surface area (TPSA) is 32.3 Å². The number of hydrogen-bond acceptors (Lipinski definition) is 1. The lowest BCUT2D eigenvalue weighted by molar-refractivity contribution is -0.137. The number of hydrogen-bond donors (Lipinski definition) is 1. The zero-order valence-corrected chi connectivity index (χ0v) is 13.4. The van der Waals surface area contributed by atoms with E-state index in [0.29, 0.717) is 30.6 Å². The third-order valence-corrected chi connectivity index (χ3v) is 2.92. The largest absolute Gasteiger partial charge is 0.416 e. The molecule has 2 amide bonds. The molecule has 124 valence electrons.